The van der Waals surface area contributed by atoms with Crippen LogP contribution in [0.15, 0.2) is 12.1 Å². The Balaban J connectivity index is 0.00000361. The maximum absolute atomic E-state index is 11.7. The molecule has 0 saturated carbocycles. The summed E-state index contributed by atoms with van der Waals surface area (Å²) >= 11 is 6.00. The summed E-state index contributed by atoms with van der Waals surface area (Å²) in [6.07, 6.45) is 0. The number of benzene rings is 1. The van der Waals surface area contributed by atoms with Crippen LogP contribution < -0.4 is 15.4 Å². The van der Waals surface area contributed by atoms with E-state index in [9.17, 15) is 4.79 Å². The minimum absolute atomic E-state index is 0. The molecule has 1 aromatic rings. The molecule has 0 atom stereocenters. The minimum atomic E-state index is -0.142. The fourth-order valence-electron chi connectivity index (χ4n) is 1.50. The molecule has 20 heavy (non-hydrogen) atoms. The third-order valence-corrected chi connectivity index (χ3v) is 2.93. The van der Waals surface area contributed by atoms with Crippen molar-refractivity contribution in [1.82, 2.24) is 5.32 Å². The van der Waals surface area contributed by atoms with Gasteiger partial charge < -0.3 is 20.1 Å². The first-order valence-corrected chi connectivity index (χ1v) is 6.30. The van der Waals surface area contributed by atoms with Crippen LogP contribution in [0.1, 0.15) is 5.56 Å². The zero-order valence-electron chi connectivity index (χ0n) is 11.8. The number of methoxy groups -OCH3 is 2. The van der Waals surface area contributed by atoms with Crippen LogP contribution in [0, 0.1) is 6.92 Å². The number of halogens is 2. The Hall–Kier alpha value is -1.01. The Bertz CT molecular complexity index is 442. The lowest BCUT2D eigenvalue weighted by atomic mass is 10.2. The number of carbonyl (C=O) groups excluding carboxylic acids is 1. The van der Waals surface area contributed by atoms with Crippen molar-refractivity contribution in [2.24, 2.45) is 0 Å². The molecule has 1 aromatic carbocycles. The average molecular weight is 323 g/mol. The molecular formula is C13H20Cl2N2O3. The fraction of sp³-hybridized carbons (Fsp3) is 0.462. The summed E-state index contributed by atoms with van der Waals surface area (Å²) in [5.41, 5.74) is 1.49. The second-order valence-electron chi connectivity index (χ2n) is 4.02. The van der Waals surface area contributed by atoms with E-state index in [4.69, 9.17) is 21.1 Å². The standard InChI is InChI=1S/C13H19ClN2O3.ClH/c1-9-6-11(12(19-3)7-10(9)14)16-13(17)8-15-4-5-18-2;/h6-7,15H,4-5,8H2,1-3H3,(H,16,17);1H. The molecule has 0 heterocycles. The van der Waals surface area contributed by atoms with E-state index in [1.165, 1.54) is 7.11 Å². The van der Waals surface area contributed by atoms with Gasteiger partial charge in [-0.2, -0.15) is 0 Å². The Labute approximate surface area is 130 Å². The van der Waals surface area contributed by atoms with Crippen LogP contribution in [0.5, 0.6) is 5.75 Å². The zero-order chi connectivity index (χ0) is 14.3. The average Bonchev–Trinajstić information content (AvgIpc) is 2.38. The van der Waals surface area contributed by atoms with Gasteiger partial charge in [-0.3, -0.25) is 4.79 Å². The molecule has 0 bridgehead atoms. The molecule has 0 aliphatic carbocycles. The summed E-state index contributed by atoms with van der Waals surface area (Å²) in [4.78, 5) is 11.7. The van der Waals surface area contributed by atoms with E-state index in [0.29, 0.717) is 29.6 Å². The van der Waals surface area contributed by atoms with Crippen molar-refractivity contribution in [3.8, 4) is 5.75 Å². The smallest absolute Gasteiger partial charge is 0.238 e. The van der Waals surface area contributed by atoms with Gasteiger partial charge in [-0.15, -0.1) is 12.4 Å². The van der Waals surface area contributed by atoms with Gasteiger partial charge in [0.05, 0.1) is 25.9 Å². The molecule has 1 rings (SSSR count). The maximum Gasteiger partial charge on any atom is 0.238 e. The van der Waals surface area contributed by atoms with Crippen molar-refractivity contribution in [3.05, 3.63) is 22.7 Å². The minimum Gasteiger partial charge on any atom is -0.495 e. The number of hydrogen-bond donors (Lipinski definition) is 2. The van der Waals surface area contributed by atoms with Crippen LogP contribution in [0.4, 0.5) is 5.69 Å². The highest BCUT2D eigenvalue weighted by Gasteiger charge is 2.09. The number of hydrogen-bond acceptors (Lipinski definition) is 4. The van der Waals surface area contributed by atoms with Crippen molar-refractivity contribution in [2.75, 3.05) is 39.2 Å². The van der Waals surface area contributed by atoms with Crippen LogP contribution in [0.25, 0.3) is 0 Å². The molecule has 0 aliphatic heterocycles. The normalized spacial score (nSPS) is 9.80. The molecule has 0 spiro atoms. The van der Waals surface area contributed by atoms with Crippen molar-refractivity contribution >= 4 is 35.6 Å². The molecule has 1 amide bonds. The van der Waals surface area contributed by atoms with Crippen LogP contribution >= 0.6 is 24.0 Å². The summed E-state index contributed by atoms with van der Waals surface area (Å²) < 4.78 is 10.1. The quantitative estimate of drug-likeness (QED) is 0.756. The largest absolute Gasteiger partial charge is 0.495 e. The molecule has 2 N–H and O–H groups in total. The number of rotatable bonds is 7. The van der Waals surface area contributed by atoms with Gasteiger partial charge in [0.1, 0.15) is 5.75 Å². The summed E-state index contributed by atoms with van der Waals surface area (Å²) in [7, 11) is 3.15. The number of aryl methyl sites for hydroxylation is 1. The van der Waals surface area contributed by atoms with Crippen molar-refractivity contribution < 1.29 is 14.3 Å². The van der Waals surface area contributed by atoms with Crippen LogP contribution in [0.3, 0.4) is 0 Å². The predicted molar refractivity (Wildman–Crippen MR) is 83.4 cm³/mol. The first-order chi connectivity index (χ1) is 9.08. The summed E-state index contributed by atoms with van der Waals surface area (Å²) in [5.74, 6) is 0.400. The second-order valence-corrected chi connectivity index (χ2v) is 4.43. The predicted octanol–water partition coefficient (Wildman–Crippen LogP) is 2.25. The van der Waals surface area contributed by atoms with Crippen molar-refractivity contribution in [3.63, 3.8) is 0 Å². The third-order valence-electron chi connectivity index (χ3n) is 2.52. The Kier molecular flexibility index (Phi) is 9.33. The van der Waals surface area contributed by atoms with Gasteiger partial charge in [0.25, 0.3) is 0 Å². The van der Waals surface area contributed by atoms with Crippen LogP contribution in [-0.2, 0) is 9.53 Å². The molecule has 0 radical (unpaired) electrons. The highest BCUT2D eigenvalue weighted by molar-refractivity contribution is 6.31. The van der Waals surface area contributed by atoms with Gasteiger partial charge in [-0.25, -0.2) is 0 Å². The molecule has 0 saturated heterocycles. The van der Waals surface area contributed by atoms with Gasteiger partial charge >= 0.3 is 0 Å². The molecule has 0 fully saturated rings. The number of nitrogens with one attached hydrogen (secondary N) is 2. The van der Waals surface area contributed by atoms with Gasteiger partial charge in [0.2, 0.25) is 5.91 Å². The van der Waals surface area contributed by atoms with Gasteiger partial charge in [-0.05, 0) is 18.6 Å². The number of ether oxygens (including phenoxy) is 2. The fourth-order valence-corrected chi connectivity index (χ4v) is 1.65. The molecule has 114 valence electrons. The Morgan fingerprint density at radius 3 is 2.65 bits per heavy atom. The third kappa shape index (κ3) is 5.96. The Morgan fingerprint density at radius 2 is 2.05 bits per heavy atom. The summed E-state index contributed by atoms with van der Waals surface area (Å²) in [6.45, 7) is 3.28. The molecule has 0 aromatic heterocycles. The van der Waals surface area contributed by atoms with Gasteiger partial charge in [0.15, 0.2) is 0 Å². The number of amides is 1. The second kappa shape index (κ2) is 9.83. The first kappa shape index (κ1) is 19.0. The molecule has 0 aliphatic rings. The monoisotopic (exact) mass is 322 g/mol. The first-order valence-electron chi connectivity index (χ1n) is 5.92. The highest BCUT2D eigenvalue weighted by atomic mass is 35.5. The summed E-state index contributed by atoms with van der Waals surface area (Å²) in [6, 6.07) is 3.47. The van der Waals surface area contributed by atoms with E-state index in [0.717, 1.165) is 5.56 Å². The lowest BCUT2D eigenvalue weighted by Crippen LogP contribution is -2.30. The zero-order valence-corrected chi connectivity index (χ0v) is 13.4. The van der Waals surface area contributed by atoms with E-state index >= 15 is 0 Å². The van der Waals surface area contributed by atoms with E-state index in [2.05, 4.69) is 10.6 Å². The molecular weight excluding hydrogens is 303 g/mol. The summed E-state index contributed by atoms with van der Waals surface area (Å²) in [5, 5.41) is 6.35. The lowest BCUT2D eigenvalue weighted by Gasteiger charge is -2.12. The van der Waals surface area contributed by atoms with Crippen LogP contribution in [0.2, 0.25) is 5.02 Å². The van der Waals surface area contributed by atoms with E-state index < -0.39 is 0 Å². The van der Waals surface area contributed by atoms with Crippen molar-refractivity contribution in [1.29, 1.82) is 0 Å². The Morgan fingerprint density at radius 1 is 1.35 bits per heavy atom. The SMILES string of the molecule is COCCNCC(=O)Nc1cc(C)c(Cl)cc1OC.Cl. The molecule has 7 heteroatoms. The van der Waals surface area contributed by atoms with Gasteiger partial charge in [-0.1, -0.05) is 11.6 Å². The number of carbonyl (C=O) groups is 1. The molecule has 0 unspecified atom stereocenters. The van der Waals surface area contributed by atoms with E-state index in [1.807, 2.05) is 6.92 Å². The van der Waals surface area contributed by atoms with E-state index in [1.54, 1.807) is 19.2 Å². The highest BCUT2D eigenvalue weighted by Crippen LogP contribution is 2.30. The molecule has 5 nitrogen and oxygen atoms in total. The topological polar surface area (TPSA) is 59.6 Å². The van der Waals surface area contributed by atoms with Gasteiger partial charge in [0, 0.05) is 24.7 Å². The van der Waals surface area contributed by atoms with Crippen molar-refractivity contribution in [2.45, 2.75) is 6.92 Å². The van der Waals surface area contributed by atoms with E-state index in [-0.39, 0.29) is 24.9 Å². The maximum atomic E-state index is 11.7. The number of anilines is 1. The lowest BCUT2D eigenvalue weighted by molar-refractivity contribution is -0.115. The van der Waals surface area contributed by atoms with Crippen LogP contribution in [-0.4, -0.2) is 39.8 Å².